The van der Waals surface area contributed by atoms with Crippen LogP contribution in [0.3, 0.4) is 0 Å². The Morgan fingerprint density at radius 3 is 1.80 bits per heavy atom. The molecule has 0 aliphatic heterocycles. The molecule has 0 fully saturated rings. The minimum absolute atomic E-state index is 0.139. The van der Waals surface area contributed by atoms with Crippen LogP contribution in [0.4, 0.5) is 0 Å². The maximum absolute atomic E-state index is 8.77. The summed E-state index contributed by atoms with van der Waals surface area (Å²) >= 11 is 0. The molecule has 0 unspecified atom stereocenters. The number of hydrogen-bond acceptors (Lipinski definition) is 1. The van der Waals surface area contributed by atoms with Crippen LogP contribution >= 0.6 is 0 Å². The molecule has 0 amide bonds. The zero-order valence-corrected chi connectivity index (χ0v) is 24.3. The number of furan rings is 1. The number of hydrogen-bond donors (Lipinski definition) is 0. The molecule has 0 spiro atoms. The largest absolute Gasteiger partial charge is 0.454 e. The maximum atomic E-state index is 8.77. The van der Waals surface area contributed by atoms with Crippen LogP contribution in [0.5, 0.6) is 0 Å². The molecule has 0 aliphatic rings. The van der Waals surface area contributed by atoms with Crippen molar-refractivity contribution in [1.82, 2.24) is 13.7 Å². The first-order chi connectivity index (χ1) is 24.9. The zero-order chi connectivity index (χ0) is 34.3. The summed E-state index contributed by atoms with van der Waals surface area (Å²) in [5.74, 6) is 0. The van der Waals surface area contributed by atoms with Gasteiger partial charge in [0.1, 0.15) is 5.58 Å². The van der Waals surface area contributed by atoms with Gasteiger partial charge in [0.05, 0.1) is 45.6 Å². The fourth-order valence-electron chi connectivity index (χ4n) is 7.72. The van der Waals surface area contributed by atoms with Crippen molar-refractivity contribution in [3.05, 3.63) is 152 Å². The SMILES string of the molecule is [2H]c1c([2H])c([2H])c(-n2c3ccccc3c3cc(-n4c5cccc6c5c5c4cccc5n6-c4cccc5c4oc4ccccc45)ccc32)c([2H])c1[2H]. The molecule has 0 radical (unpaired) electrons. The van der Waals surface area contributed by atoms with Gasteiger partial charge in [-0.25, -0.2) is 0 Å². The van der Waals surface area contributed by atoms with Crippen LogP contribution in [-0.4, -0.2) is 13.7 Å². The lowest BCUT2D eigenvalue weighted by molar-refractivity contribution is 0.666. The van der Waals surface area contributed by atoms with E-state index in [1.54, 1.807) is 4.57 Å². The van der Waals surface area contributed by atoms with Crippen LogP contribution in [0.25, 0.3) is 93.6 Å². The molecule has 11 aromatic rings. The van der Waals surface area contributed by atoms with Gasteiger partial charge in [0.25, 0.3) is 0 Å². The van der Waals surface area contributed by atoms with E-state index in [0.717, 1.165) is 88.0 Å². The first-order valence-electron chi connectivity index (χ1n) is 17.8. The summed E-state index contributed by atoms with van der Waals surface area (Å²) in [6.07, 6.45) is 0. The van der Waals surface area contributed by atoms with E-state index in [9.17, 15) is 0 Å². The first-order valence-corrected chi connectivity index (χ1v) is 15.3. The summed E-state index contributed by atoms with van der Waals surface area (Å²) in [4.78, 5) is 0. The molecule has 0 aliphatic carbocycles. The Labute approximate surface area is 269 Å². The molecular formula is C42H25N3O. The van der Waals surface area contributed by atoms with Gasteiger partial charge in [0.2, 0.25) is 0 Å². The van der Waals surface area contributed by atoms with Gasteiger partial charge in [-0.3, -0.25) is 0 Å². The van der Waals surface area contributed by atoms with Crippen molar-refractivity contribution in [1.29, 1.82) is 0 Å². The number of para-hydroxylation sites is 4. The smallest absolute Gasteiger partial charge is 0.159 e. The topological polar surface area (TPSA) is 27.9 Å². The Hall–Kier alpha value is -6.26. The van der Waals surface area contributed by atoms with Gasteiger partial charge < -0.3 is 18.1 Å². The molecule has 4 heteroatoms. The van der Waals surface area contributed by atoms with E-state index in [2.05, 4.69) is 81.9 Å². The molecule has 0 saturated carbocycles. The van der Waals surface area contributed by atoms with Crippen molar-refractivity contribution >= 4 is 76.6 Å². The summed E-state index contributed by atoms with van der Waals surface area (Å²) in [5, 5.41) is 6.36. The fraction of sp³-hybridized carbons (Fsp3) is 0. The minimum Gasteiger partial charge on any atom is -0.454 e. The average molecular weight is 593 g/mol. The molecule has 0 N–H and O–H groups in total. The lowest BCUT2D eigenvalue weighted by Gasteiger charge is -2.13. The van der Waals surface area contributed by atoms with Gasteiger partial charge in [-0.2, -0.15) is 0 Å². The third kappa shape index (κ3) is 2.98. The first kappa shape index (κ1) is 19.9. The average Bonchev–Trinajstić information content (AvgIpc) is 3.90. The van der Waals surface area contributed by atoms with Crippen LogP contribution in [0, 0.1) is 0 Å². The number of aromatic nitrogens is 3. The van der Waals surface area contributed by atoms with Gasteiger partial charge in [-0.15, -0.1) is 0 Å². The second-order valence-corrected chi connectivity index (χ2v) is 11.8. The lowest BCUT2D eigenvalue weighted by Crippen LogP contribution is -1.98. The second kappa shape index (κ2) is 8.68. The van der Waals surface area contributed by atoms with Crippen molar-refractivity contribution in [2.45, 2.75) is 0 Å². The van der Waals surface area contributed by atoms with E-state index in [-0.39, 0.29) is 29.9 Å². The fourth-order valence-corrected chi connectivity index (χ4v) is 7.72. The minimum atomic E-state index is -0.406. The standard InChI is InChI=1S/C42H25N3O/c1-2-11-26(12-3-1)43-32-16-6-4-13-28(32)31-25-27(23-24-33(31)43)44-34-17-9-19-36-40(34)41-35(44)18-10-20-37(41)45(36)38-21-8-15-30-29-14-5-7-22-39(29)46-42(30)38/h1-25H/i1D,2D,3D,11D,12D. The Morgan fingerprint density at radius 2 is 1.02 bits per heavy atom. The number of benzene rings is 7. The Bertz CT molecular complexity index is 3180. The molecule has 214 valence electrons. The van der Waals surface area contributed by atoms with Crippen LogP contribution in [0.15, 0.2) is 156 Å². The third-order valence-corrected chi connectivity index (χ3v) is 9.50. The van der Waals surface area contributed by atoms with Gasteiger partial charge in [-0.05, 0) is 72.7 Å². The Balaban J connectivity index is 1.19. The highest BCUT2D eigenvalue weighted by Crippen LogP contribution is 2.44. The highest BCUT2D eigenvalue weighted by Gasteiger charge is 2.24. The molecule has 0 atom stereocenters. The Kier molecular flexibility index (Phi) is 3.75. The van der Waals surface area contributed by atoms with Crippen molar-refractivity contribution in [2.75, 3.05) is 0 Å². The summed E-state index contributed by atoms with van der Waals surface area (Å²) in [6.45, 7) is 0. The summed E-state index contributed by atoms with van der Waals surface area (Å²) in [5.41, 5.74) is 9.67. The van der Waals surface area contributed by atoms with Crippen molar-refractivity contribution in [3.63, 3.8) is 0 Å². The highest BCUT2D eigenvalue weighted by atomic mass is 16.3. The summed E-state index contributed by atoms with van der Waals surface area (Å²) in [7, 11) is 0. The molecule has 7 aromatic carbocycles. The van der Waals surface area contributed by atoms with Crippen molar-refractivity contribution in [2.24, 2.45) is 0 Å². The predicted octanol–water partition coefficient (Wildman–Crippen LogP) is 11.2. The van der Waals surface area contributed by atoms with Crippen molar-refractivity contribution in [3.8, 4) is 17.1 Å². The molecule has 4 heterocycles. The third-order valence-electron chi connectivity index (χ3n) is 9.50. The highest BCUT2D eigenvalue weighted by molar-refractivity contribution is 6.26. The lowest BCUT2D eigenvalue weighted by atomic mass is 10.1. The number of rotatable bonds is 3. The van der Waals surface area contributed by atoms with Crippen LogP contribution < -0.4 is 0 Å². The van der Waals surface area contributed by atoms with Gasteiger partial charge in [-0.1, -0.05) is 78.8 Å². The zero-order valence-electron chi connectivity index (χ0n) is 29.3. The summed E-state index contributed by atoms with van der Waals surface area (Å²) in [6, 6.07) is 39.8. The predicted molar refractivity (Wildman–Crippen MR) is 190 cm³/mol. The Morgan fingerprint density at radius 1 is 0.435 bits per heavy atom. The van der Waals surface area contributed by atoms with E-state index in [4.69, 9.17) is 11.3 Å². The second-order valence-electron chi connectivity index (χ2n) is 11.8. The quantitative estimate of drug-likeness (QED) is 0.201. The van der Waals surface area contributed by atoms with E-state index in [1.807, 2.05) is 48.5 Å². The van der Waals surface area contributed by atoms with E-state index in [1.165, 1.54) is 0 Å². The van der Waals surface area contributed by atoms with E-state index in [0.29, 0.717) is 0 Å². The summed E-state index contributed by atoms with van der Waals surface area (Å²) < 4.78 is 55.3. The molecule has 0 bridgehead atoms. The van der Waals surface area contributed by atoms with Crippen LogP contribution in [0.2, 0.25) is 0 Å². The molecule has 11 rings (SSSR count). The van der Waals surface area contributed by atoms with E-state index < -0.39 is 6.04 Å². The molecule has 4 nitrogen and oxygen atoms in total. The molecule has 4 aromatic heterocycles. The molecular weight excluding hydrogens is 562 g/mol. The molecule has 0 saturated heterocycles. The van der Waals surface area contributed by atoms with E-state index >= 15 is 0 Å². The van der Waals surface area contributed by atoms with Gasteiger partial charge >= 0.3 is 0 Å². The van der Waals surface area contributed by atoms with Gasteiger partial charge in [0, 0.05) is 43.7 Å². The van der Waals surface area contributed by atoms with Gasteiger partial charge in [0.15, 0.2) is 5.58 Å². The number of fused-ring (bicyclic) bond motifs is 6. The van der Waals surface area contributed by atoms with Crippen molar-refractivity contribution < 1.29 is 11.3 Å². The van der Waals surface area contributed by atoms with Crippen LogP contribution in [-0.2, 0) is 0 Å². The normalized spacial score (nSPS) is 13.9. The molecule has 46 heavy (non-hydrogen) atoms. The number of nitrogens with zero attached hydrogens (tertiary/aromatic N) is 3. The monoisotopic (exact) mass is 592 g/mol. The maximum Gasteiger partial charge on any atom is 0.159 e. The van der Waals surface area contributed by atoms with Crippen LogP contribution in [0.1, 0.15) is 6.85 Å².